The molecule has 0 spiro atoms. The van der Waals surface area contributed by atoms with Gasteiger partial charge in [0, 0.05) is 29.3 Å². The molecule has 5 nitrogen and oxygen atoms in total. The van der Waals surface area contributed by atoms with Gasteiger partial charge in [-0.25, -0.2) is 4.39 Å². The van der Waals surface area contributed by atoms with Crippen LogP contribution in [0, 0.1) is 0 Å². The zero-order valence-electron chi connectivity index (χ0n) is 17.8. The van der Waals surface area contributed by atoms with E-state index in [9.17, 15) is 14.0 Å². The van der Waals surface area contributed by atoms with E-state index in [4.69, 9.17) is 4.42 Å². The normalized spacial score (nSPS) is 20.0. The Morgan fingerprint density at radius 1 is 1.30 bits per heavy atom. The summed E-state index contributed by atoms with van der Waals surface area (Å²) in [5.41, 5.74) is 1.34. The molecule has 6 heteroatoms. The largest absolute Gasteiger partial charge is 0.463 e. The van der Waals surface area contributed by atoms with E-state index >= 15 is 0 Å². The molecule has 3 heterocycles. The van der Waals surface area contributed by atoms with Crippen molar-refractivity contribution in [2.45, 2.75) is 51.6 Å². The van der Waals surface area contributed by atoms with Crippen molar-refractivity contribution >= 4 is 16.9 Å². The molecule has 1 aliphatic rings. The van der Waals surface area contributed by atoms with Gasteiger partial charge in [-0.05, 0) is 55.0 Å². The van der Waals surface area contributed by atoms with Crippen molar-refractivity contribution in [2.24, 2.45) is 0 Å². The van der Waals surface area contributed by atoms with Gasteiger partial charge in [0.05, 0.1) is 12.1 Å². The highest BCUT2D eigenvalue weighted by Gasteiger charge is 2.34. The van der Waals surface area contributed by atoms with E-state index in [-0.39, 0.29) is 23.4 Å². The van der Waals surface area contributed by atoms with Crippen LogP contribution in [0.1, 0.15) is 56.5 Å². The van der Waals surface area contributed by atoms with Crippen molar-refractivity contribution in [3.05, 3.63) is 58.2 Å². The maximum absolute atomic E-state index is 14.5. The van der Waals surface area contributed by atoms with Crippen molar-refractivity contribution in [1.29, 1.82) is 0 Å². The number of pyridine rings is 1. The van der Waals surface area contributed by atoms with Gasteiger partial charge in [0.2, 0.25) is 0 Å². The van der Waals surface area contributed by atoms with Crippen molar-refractivity contribution in [1.82, 2.24) is 9.88 Å². The number of rotatable bonds is 2. The molecule has 30 heavy (non-hydrogen) atoms. The van der Waals surface area contributed by atoms with Gasteiger partial charge in [-0.3, -0.25) is 9.59 Å². The van der Waals surface area contributed by atoms with Gasteiger partial charge in [0.1, 0.15) is 17.5 Å². The number of hydrogen-bond donors (Lipinski definition) is 1. The number of piperidine rings is 1. The molecule has 1 N–H and O–H groups in total. The molecule has 2 aromatic heterocycles. The number of aromatic nitrogens is 1. The summed E-state index contributed by atoms with van der Waals surface area (Å²) in [5.74, 6) is -0.240. The lowest BCUT2D eigenvalue weighted by atomic mass is 9.84. The number of hydrogen-bond acceptors (Lipinski definition) is 3. The summed E-state index contributed by atoms with van der Waals surface area (Å²) >= 11 is 0. The number of furan rings is 1. The molecule has 3 aromatic rings. The summed E-state index contributed by atoms with van der Waals surface area (Å²) in [6.07, 6.45) is 4.14. The molecule has 158 valence electrons. The standard InChI is InChI=1S/C24H27FN2O3/c1-23(2,3)19-12-15(16-7-5-9-26-21(16)28)11-17-18(13-30-20(17)19)22(29)27-10-6-8-24(4,25)14-27/h5,7,9,11-13H,6,8,10,14H2,1-4H3,(H,26,28). The molecule has 1 saturated heterocycles. The minimum Gasteiger partial charge on any atom is -0.463 e. The molecule has 0 bridgehead atoms. The van der Waals surface area contributed by atoms with E-state index in [1.165, 1.54) is 13.2 Å². The number of amides is 1. The summed E-state index contributed by atoms with van der Waals surface area (Å²) in [6.45, 7) is 8.31. The minimum atomic E-state index is -1.38. The molecule has 0 aliphatic carbocycles. The Hall–Kier alpha value is -2.89. The molecule has 1 unspecified atom stereocenters. The number of H-pyrrole nitrogens is 1. The summed E-state index contributed by atoms with van der Waals surface area (Å²) in [4.78, 5) is 29.9. The molecule has 1 aliphatic heterocycles. The number of carbonyl (C=O) groups is 1. The Balaban J connectivity index is 1.89. The van der Waals surface area contributed by atoms with Crippen LogP contribution in [0.4, 0.5) is 4.39 Å². The van der Waals surface area contributed by atoms with E-state index in [1.807, 2.05) is 12.1 Å². The first kappa shape index (κ1) is 20.4. The molecular formula is C24H27FN2O3. The molecular weight excluding hydrogens is 383 g/mol. The van der Waals surface area contributed by atoms with Crippen molar-refractivity contribution in [2.75, 3.05) is 13.1 Å². The van der Waals surface area contributed by atoms with E-state index in [1.54, 1.807) is 23.2 Å². The third-order valence-corrected chi connectivity index (χ3v) is 5.78. The van der Waals surface area contributed by atoms with Crippen LogP contribution in [0.25, 0.3) is 22.1 Å². The molecule has 0 radical (unpaired) electrons. The Morgan fingerprint density at radius 2 is 2.07 bits per heavy atom. The van der Waals surface area contributed by atoms with Gasteiger partial charge in [0.15, 0.2) is 0 Å². The van der Waals surface area contributed by atoms with Gasteiger partial charge in [-0.2, -0.15) is 0 Å². The maximum Gasteiger partial charge on any atom is 0.257 e. The van der Waals surface area contributed by atoms with E-state index in [0.717, 1.165) is 11.1 Å². The number of halogens is 1. The number of alkyl halides is 1. The second-order valence-electron chi connectivity index (χ2n) is 9.46. The Kier molecular flexibility index (Phi) is 4.83. The van der Waals surface area contributed by atoms with Gasteiger partial charge in [-0.15, -0.1) is 0 Å². The third kappa shape index (κ3) is 3.66. The fraction of sp³-hybridized carbons (Fsp3) is 0.417. The summed E-state index contributed by atoms with van der Waals surface area (Å²) < 4.78 is 20.4. The van der Waals surface area contributed by atoms with Crippen LogP contribution in [0.5, 0.6) is 0 Å². The molecule has 1 fully saturated rings. The minimum absolute atomic E-state index is 0.0721. The SMILES string of the molecule is CC1(F)CCCN(C(=O)c2coc3c(C(C)(C)C)cc(-c4ccc[nH]c4=O)cc23)C1. The lowest BCUT2D eigenvalue weighted by molar-refractivity contribution is 0.0418. The second kappa shape index (κ2) is 7.11. The highest BCUT2D eigenvalue weighted by atomic mass is 19.1. The first-order chi connectivity index (χ1) is 14.1. The van der Waals surface area contributed by atoms with Crippen LogP contribution in [0.3, 0.4) is 0 Å². The van der Waals surface area contributed by atoms with Crippen molar-refractivity contribution in [3.8, 4) is 11.1 Å². The number of nitrogens with one attached hydrogen (secondary N) is 1. The third-order valence-electron chi connectivity index (χ3n) is 5.78. The lowest BCUT2D eigenvalue weighted by Crippen LogP contribution is -2.46. The highest BCUT2D eigenvalue weighted by Crippen LogP contribution is 2.37. The summed E-state index contributed by atoms with van der Waals surface area (Å²) in [5, 5.41) is 0.650. The van der Waals surface area contributed by atoms with Gasteiger partial charge in [-0.1, -0.05) is 20.8 Å². The monoisotopic (exact) mass is 410 g/mol. The Morgan fingerprint density at radius 3 is 2.73 bits per heavy atom. The number of nitrogens with zero attached hydrogens (tertiary/aromatic N) is 1. The molecule has 1 atom stereocenters. The zero-order valence-corrected chi connectivity index (χ0v) is 17.8. The fourth-order valence-electron chi connectivity index (χ4n) is 4.20. The number of benzene rings is 1. The number of fused-ring (bicyclic) bond motifs is 1. The molecule has 1 amide bonds. The first-order valence-electron chi connectivity index (χ1n) is 10.3. The van der Waals surface area contributed by atoms with Crippen LogP contribution in [-0.2, 0) is 5.41 Å². The maximum atomic E-state index is 14.5. The fourth-order valence-corrected chi connectivity index (χ4v) is 4.20. The predicted octanol–water partition coefficient (Wildman–Crippen LogP) is 5.05. The zero-order chi connectivity index (χ0) is 21.7. The highest BCUT2D eigenvalue weighted by molar-refractivity contribution is 6.07. The number of carbonyl (C=O) groups excluding carboxylic acids is 1. The lowest BCUT2D eigenvalue weighted by Gasteiger charge is -2.35. The Bertz CT molecular complexity index is 1170. The van der Waals surface area contributed by atoms with Gasteiger partial charge in [0.25, 0.3) is 11.5 Å². The van der Waals surface area contributed by atoms with E-state index in [2.05, 4.69) is 25.8 Å². The summed E-state index contributed by atoms with van der Waals surface area (Å²) in [7, 11) is 0. The molecule has 0 saturated carbocycles. The Labute approximate surface area is 174 Å². The quantitative estimate of drug-likeness (QED) is 0.643. The van der Waals surface area contributed by atoms with Gasteiger partial charge < -0.3 is 14.3 Å². The van der Waals surface area contributed by atoms with Crippen molar-refractivity contribution < 1.29 is 13.6 Å². The first-order valence-corrected chi connectivity index (χ1v) is 10.3. The average molecular weight is 410 g/mol. The number of aromatic amines is 1. The predicted molar refractivity (Wildman–Crippen MR) is 116 cm³/mol. The van der Waals surface area contributed by atoms with Crippen molar-refractivity contribution in [3.63, 3.8) is 0 Å². The topological polar surface area (TPSA) is 66.3 Å². The van der Waals surface area contributed by atoms with E-state index < -0.39 is 5.67 Å². The van der Waals surface area contributed by atoms with Crippen LogP contribution in [0.2, 0.25) is 0 Å². The van der Waals surface area contributed by atoms with E-state index in [0.29, 0.717) is 41.5 Å². The van der Waals surface area contributed by atoms with Crippen LogP contribution in [0.15, 0.2) is 45.9 Å². The average Bonchev–Trinajstić information content (AvgIpc) is 3.09. The summed E-state index contributed by atoms with van der Waals surface area (Å²) in [6, 6.07) is 7.30. The van der Waals surface area contributed by atoms with Crippen LogP contribution in [-0.4, -0.2) is 34.5 Å². The number of likely N-dealkylation sites (tertiary alicyclic amines) is 1. The van der Waals surface area contributed by atoms with Crippen LogP contribution >= 0.6 is 0 Å². The molecule has 4 rings (SSSR count). The smallest absolute Gasteiger partial charge is 0.257 e. The van der Waals surface area contributed by atoms with Gasteiger partial charge >= 0.3 is 0 Å². The van der Waals surface area contributed by atoms with Crippen LogP contribution < -0.4 is 5.56 Å². The second-order valence-corrected chi connectivity index (χ2v) is 9.46. The molecule has 1 aromatic carbocycles.